The molecule has 4 aliphatic rings. The van der Waals surface area contributed by atoms with Crippen LogP contribution < -0.4 is 15.3 Å². The Hall–Kier alpha value is -2.79. The highest BCUT2D eigenvalue weighted by Gasteiger charge is 2.55. The molecule has 0 unspecified atom stereocenters. The van der Waals surface area contributed by atoms with Crippen molar-refractivity contribution in [3.8, 4) is 0 Å². The number of halogens is 1. The molecule has 1 aromatic heterocycles. The molecule has 0 radical (unpaired) electrons. The van der Waals surface area contributed by atoms with Crippen molar-refractivity contribution < 1.29 is 18.6 Å². The number of aromatic nitrogens is 2. The zero-order valence-electron chi connectivity index (χ0n) is 22.5. The molecular formula is C27H35BFN5O4. The van der Waals surface area contributed by atoms with E-state index in [2.05, 4.69) is 14.9 Å². The molecule has 1 saturated carbocycles. The van der Waals surface area contributed by atoms with Crippen molar-refractivity contribution in [1.82, 2.24) is 9.97 Å². The normalized spacial score (nSPS) is 24.4. The summed E-state index contributed by atoms with van der Waals surface area (Å²) in [7, 11) is -0.451. The molecule has 9 nitrogen and oxygen atoms in total. The van der Waals surface area contributed by atoms with Crippen LogP contribution in [0.5, 0.6) is 0 Å². The van der Waals surface area contributed by atoms with Crippen LogP contribution in [0.3, 0.4) is 0 Å². The van der Waals surface area contributed by atoms with Crippen molar-refractivity contribution >= 4 is 29.9 Å². The van der Waals surface area contributed by atoms with E-state index in [1.807, 2.05) is 45.0 Å². The number of non-ortho nitro benzene ring substituents is 1. The Kier molecular flexibility index (Phi) is 5.95. The van der Waals surface area contributed by atoms with E-state index in [0.29, 0.717) is 22.9 Å². The van der Waals surface area contributed by atoms with Crippen molar-refractivity contribution in [2.75, 3.05) is 36.0 Å². The number of rotatable bonds is 5. The molecule has 11 heteroatoms. The maximum Gasteiger partial charge on any atom is 0.498 e. The van der Waals surface area contributed by atoms with Gasteiger partial charge in [0, 0.05) is 55.5 Å². The summed E-state index contributed by atoms with van der Waals surface area (Å²) in [4.78, 5) is 23.8. The minimum absolute atomic E-state index is 0.207. The molecular weight excluding hydrogens is 488 g/mol. The van der Waals surface area contributed by atoms with Crippen LogP contribution in [0.25, 0.3) is 0 Å². The van der Waals surface area contributed by atoms with Crippen molar-refractivity contribution in [3.63, 3.8) is 0 Å². The fourth-order valence-corrected chi connectivity index (χ4v) is 6.62. The van der Waals surface area contributed by atoms with Gasteiger partial charge < -0.3 is 19.1 Å². The summed E-state index contributed by atoms with van der Waals surface area (Å²) in [6.45, 7) is 11.7. The minimum Gasteiger partial charge on any atom is -0.399 e. The SMILES string of the molecule is CC1(C)OB(c2cnc(N3CC4(CC(C5CCN(c6ccc([N+](=O)[O-])cc6F)CC5)C4)C3)nc2)OC1(C)C. The molecule has 38 heavy (non-hydrogen) atoms. The van der Waals surface area contributed by atoms with Crippen molar-refractivity contribution in [3.05, 3.63) is 46.5 Å². The van der Waals surface area contributed by atoms with Gasteiger partial charge in [-0.1, -0.05) is 0 Å². The van der Waals surface area contributed by atoms with Gasteiger partial charge in [0.1, 0.15) is 0 Å². The smallest absolute Gasteiger partial charge is 0.399 e. The summed E-state index contributed by atoms with van der Waals surface area (Å²) in [5.41, 5.74) is 0.697. The second-order valence-electron chi connectivity index (χ2n) is 12.6. The molecule has 3 aliphatic heterocycles. The molecule has 0 amide bonds. The molecule has 0 atom stereocenters. The van der Waals surface area contributed by atoms with Crippen molar-refractivity contribution in [1.29, 1.82) is 0 Å². The van der Waals surface area contributed by atoms with E-state index in [4.69, 9.17) is 9.31 Å². The highest BCUT2D eigenvalue weighted by Crippen LogP contribution is 2.56. The maximum absolute atomic E-state index is 14.4. The van der Waals surface area contributed by atoms with Gasteiger partial charge in [0.05, 0.1) is 27.9 Å². The van der Waals surface area contributed by atoms with E-state index < -0.39 is 29.1 Å². The number of piperidine rings is 1. The lowest BCUT2D eigenvalue weighted by molar-refractivity contribution is -0.385. The molecule has 4 heterocycles. The fourth-order valence-electron chi connectivity index (χ4n) is 6.62. The summed E-state index contributed by atoms with van der Waals surface area (Å²) in [5.74, 6) is 1.62. The predicted octanol–water partition coefficient (Wildman–Crippen LogP) is 3.96. The quantitative estimate of drug-likeness (QED) is 0.331. The third-order valence-electron chi connectivity index (χ3n) is 9.60. The topological polar surface area (TPSA) is 93.9 Å². The first kappa shape index (κ1) is 25.5. The number of nitro groups is 1. The van der Waals surface area contributed by atoms with Crippen LogP contribution in [0.4, 0.5) is 21.7 Å². The molecule has 1 aliphatic carbocycles. The van der Waals surface area contributed by atoms with Crippen LogP contribution in [0.15, 0.2) is 30.6 Å². The predicted molar refractivity (Wildman–Crippen MR) is 143 cm³/mol. The zero-order chi connectivity index (χ0) is 26.9. The molecule has 1 spiro atoms. The highest BCUT2D eigenvalue weighted by molar-refractivity contribution is 6.61. The van der Waals surface area contributed by atoms with Crippen LogP contribution in [-0.4, -0.2) is 59.4 Å². The summed E-state index contributed by atoms with van der Waals surface area (Å²) >= 11 is 0. The Labute approximate surface area is 223 Å². The van der Waals surface area contributed by atoms with Gasteiger partial charge in [-0.05, 0) is 71.3 Å². The number of nitrogens with zero attached hydrogens (tertiary/aromatic N) is 5. The van der Waals surface area contributed by atoms with Crippen LogP contribution in [0.2, 0.25) is 0 Å². The first-order chi connectivity index (χ1) is 18.0. The van der Waals surface area contributed by atoms with Crippen molar-refractivity contribution in [2.24, 2.45) is 17.3 Å². The zero-order valence-corrected chi connectivity index (χ0v) is 22.5. The molecule has 0 N–H and O–H groups in total. The third kappa shape index (κ3) is 4.33. The van der Waals surface area contributed by atoms with E-state index in [9.17, 15) is 14.5 Å². The number of nitro benzene ring substituents is 1. The second-order valence-corrected chi connectivity index (χ2v) is 12.6. The Balaban J connectivity index is 0.974. The van der Waals surface area contributed by atoms with Gasteiger partial charge in [-0.15, -0.1) is 0 Å². The van der Waals surface area contributed by atoms with E-state index >= 15 is 0 Å². The Morgan fingerprint density at radius 2 is 1.61 bits per heavy atom. The second kappa shape index (κ2) is 8.88. The molecule has 4 fully saturated rings. The standard InChI is InChI=1S/C27H35BFN5O4/c1-25(2)26(3,4)38-28(37-25)20-14-30-24(31-15-20)33-16-27(17-33)12-19(13-27)18-7-9-32(10-8-18)23-6-5-21(34(35)36)11-22(23)29/h5-6,11,14-15,18-19H,7-10,12-13,16-17H2,1-4H3. The fraction of sp³-hybridized carbons (Fsp3) is 0.630. The van der Waals surface area contributed by atoms with Crippen LogP contribution in [0.1, 0.15) is 53.4 Å². The Morgan fingerprint density at radius 3 is 2.16 bits per heavy atom. The number of benzene rings is 1. The third-order valence-corrected chi connectivity index (χ3v) is 9.60. The summed E-state index contributed by atoms with van der Waals surface area (Å²) in [6, 6.07) is 3.95. The highest BCUT2D eigenvalue weighted by atomic mass is 19.1. The Morgan fingerprint density at radius 1 is 1.00 bits per heavy atom. The summed E-state index contributed by atoms with van der Waals surface area (Å²) in [6.07, 6.45) is 8.16. The van der Waals surface area contributed by atoms with Gasteiger partial charge in [0.2, 0.25) is 5.95 Å². The monoisotopic (exact) mass is 523 g/mol. The molecule has 3 saturated heterocycles. The number of anilines is 2. The van der Waals surface area contributed by atoms with Crippen molar-refractivity contribution in [2.45, 2.75) is 64.6 Å². The minimum atomic E-state index is -0.560. The van der Waals surface area contributed by atoms with Gasteiger partial charge in [-0.25, -0.2) is 14.4 Å². The van der Waals surface area contributed by atoms with Gasteiger partial charge in [0.15, 0.2) is 5.82 Å². The van der Waals surface area contributed by atoms with Gasteiger partial charge in [-0.2, -0.15) is 0 Å². The lowest BCUT2D eigenvalue weighted by atomic mass is 9.53. The van der Waals surface area contributed by atoms with Gasteiger partial charge >= 0.3 is 7.12 Å². The molecule has 0 bridgehead atoms. The van der Waals surface area contributed by atoms with E-state index in [0.717, 1.165) is 56.5 Å². The molecule has 2 aromatic rings. The van der Waals surface area contributed by atoms with Crippen LogP contribution >= 0.6 is 0 Å². The van der Waals surface area contributed by atoms with E-state index in [1.54, 1.807) is 6.07 Å². The van der Waals surface area contributed by atoms with Crippen LogP contribution in [-0.2, 0) is 9.31 Å². The van der Waals surface area contributed by atoms with E-state index in [1.165, 1.54) is 18.9 Å². The lowest BCUT2D eigenvalue weighted by Crippen LogP contribution is -2.64. The first-order valence-corrected chi connectivity index (χ1v) is 13.6. The summed E-state index contributed by atoms with van der Waals surface area (Å²) < 4.78 is 26.7. The molecule has 202 valence electrons. The summed E-state index contributed by atoms with van der Waals surface area (Å²) in [5, 5.41) is 10.9. The largest absolute Gasteiger partial charge is 0.498 e. The van der Waals surface area contributed by atoms with Gasteiger partial charge in [-0.3, -0.25) is 10.1 Å². The van der Waals surface area contributed by atoms with Gasteiger partial charge in [0.25, 0.3) is 5.69 Å². The first-order valence-electron chi connectivity index (χ1n) is 13.6. The van der Waals surface area contributed by atoms with Crippen LogP contribution in [0, 0.1) is 33.2 Å². The average molecular weight is 523 g/mol. The Bertz CT molecular complexity index is 1200. The average Bonchev–Trinajstić information content (AvgIpc) is 3.05. The molecule has 1 aromatic carbocycles. The maximum atomic E-state index is 14.4. The molecule has 6 rings (SSSR count). The van der Waals surface area contributed by atoms with E-state index in [-0.39, 0.29) is 5.69 Å². The lowest BCUT2D eigenvalue weighted by Gasteiger charge is -2.61. The number of hydrogen-bond acceptors (Lipinski definition) is 8. The number of hydrogen-bond donors (Lipinski definition) is 0.